The van der Waals surface area contributed by atoms with Crippen molar-refractivity contribution in [1.82, 2.24) is 4.90 Å². The third-order valence-electron chi connectivity index (χ3n) is 4.29. The van der Waals surface area contributed by atoms with Crippen LogP contribution in [0.25, 0.3) is 0 Å². The lowest BCUT2D eigenvalue weighted by Gasteiger charge is -2.40. The molecule has 1 heterocycles. The third-order valence-corrected chi connectivity index (χ3v) is 4.29. The number of benzene rings is 1. The first-order valence-corrected chi connectivity index (χ1v) is 7.62. The Hall–Kier alpha value is -1.78. The average Bonchev–Trinajstić information content (AvgIpc) is 2.55. The van der Waals surface area contributed by atoms with Crippen LogP contribution in [0.4, 0.5) is 18.9 Å². The molecule has 1 fully saturated rings. The molecule has 4 nitrogen and oxygen atoms in total. The molecule has 1 aromatic carbocycles. The lowest BCUT2D eigenvalue weighted by Crippen LogP contribution is -2.51. The maximum Gasteiger partial charge on any atom is 0.418 e. The number of alkyl halides is 3. The Balaban J connectivity index is 2.21. The van der Waals surface area contributed by atoms with Crippen LogP contribution in [0.3, 0.4) is 0 Å². The minimum atomic E-state index is -4.45. The van der Waals surface area contributed by atoms with Gasteiger partial charge in [-0.1, -0.05) is 6.92 Å². The maximum atomic E-state index is 13.2. The largest absolute Gasteiger partial charge is 0.418 e. The second-order valence-corrected chi connectivity index (χ2v) is 5.61. The highest BCUT2D eigenvalue weighted by molar-refractivity contribution is 5.59. The van der Waals surface area contributed by atoms with Gasteiger partial charge in [-0.15, -0.1) is 0 Å². The number of hydrogen-bond acceptors (Lipinski definition) is 4. The fraction of sp³-hybridized carbons (Fsp3) is 0.562. The van der Waals surface area contributed by atoms with Gasteiger partial charge in [-0.2, -0.15) is 18.4 Å². The minimum absolute atomic E-state index is 0.0460. The van der Waals surface area contributed by atoms with Crippen molar-refractivity contribution in [2.75, 3.05) is 37.7 Å². The van der Waals surface area contributed by atoms with E-state index in [0.717, 1.165) is 12.5 Å². The van der Waals surface area contributed by atoms with Crippen molar-refractivity contribution in [3.63, 3.8) is 0 Å². The van der Waals surface area contributed by atoms with Crippen molar-refractivity contribution in [2.45, 2.75) is 25.6 Å². The van der Waals surface area contributed by atoms with E-state index in [2.05, 4.69) is 4.90 Å². The fourth-order valence-corrected chi connectivity index (χ4v) is 2.93. The summed E-state index contributed by atoms with van der Waals surface area (Å²) in [5.41, 5.74) is -0.426. The van der Waals surface area contributed by atoms with E-state index >= 15 is 0 Å². The van der Waals surface area contributed by atoms with Crippen LogP contribution in [0.15, 0.2) is 18.2 Å². The molecule has 23 heavy (non-hydrogen) atoms. The van der Waals surface area contributed by atoms with E-state index in [1.165, 1.54) is 12.1 Å². The topological polar surface area (TPSA) is 50.5 Å². The van der Waals surface area contributed by atoms with Crippen molar-refractivity contribution < 1.29 is 18.3 Å². The van der Waals surface area contributed by atoms with Gasteiger partial charge in [-0.25, -0.2) is 0 Å². The molecule has 1 N–H and O–H groups in total. The van der Waals surface area contributed by atoms with Gasteiger partial charge < -0.3 is 10.0 Å². The molecular formula is C16H20F3N3O. The molecule has 2 rings (SSSR count). The molecule has 0 radical (unpaired) electrons. The normalized spacial score (nSPS) is 17.8. The van der Waals surface area contributed by atoms with E-state index in [0.29, 0.717) is 26.2 Å². The van der Waals surface area contributed by atoms with Gasteiger partial charge >= 0.3 is 6.18 Å². The van der Waals surface area contributed by atoms with Crippen molar-refractivity contribution >= 4 is 5.69 Å². The molecule has 1 aliphatic rings. The van der Waals surface area contributed by atoms with Gasteiger partial charge in [0.05, 0.1) is 29.5 Å². The predicted octanol–water partition coefficient (Wildman–Crippen LogP) is 2.47. The second-order valence-electron chi connectivity index (χ2n) is 5.61. The van der Waals surface area contributed by atoms with E-state index in [1.807, 2.05) is 13.0 Å². The third kappa shape index (κ3) is 3.95. The van der Waals surface area contributed by atoms with Gasteiger partial charge in [0.25, 0.3) is 0 Å². The number of rotatable bonds is 4. The minimum Gasteiger partial charge on any atom is -0.395 e. The van der Waals surface area contributed by atoms with Gasteiger partial charge in [0, 0.05) is 32.2 Å². The molecule has 1 aromatic rings. The number of anilines is 1. The second kappa shape index (κ2) is 7.20. The highest BCUT2D eigenvalue weighted by Crippen LogP contribution is 2.37. The Morgan fingerprint density at radius 3 is 2.39 bits per heavy atom. The van der Waals surface area contributed by atoms with Gasteiger partial charge in [0.15, 0.2) is 0 Å². The molecule has 1 atom stereocenters. The van der Waals surface area contributed by atoms with E-state index in [9.17, 15) is 18.3 Å². The number of aliphatic hydroxyl groups excluding tert-OH is 1. The predicted molar refractivity (Wildman–Crippen MR) is 81.1 cm³/mol. The Bertz CT molecular complexity index is 571. The van der Waals surface area contributed by atoms with Crippen molar-refractivity contribution in [1.29, 1.82) is 5.26 Å². The standard InChI is InChI=1S/C16H20F3N3O/c1-2-13(11-23)21-5-7-22(8-6-21)15-9-12(10-20)3-4-14(15)16(17,18)19/h3-4,9,13,23H,2,5-8,11H2,1H3. The molecular weight excluding hydrogens is 307 g/mol. The summed E-state index contributed by atoms with van der Waals surface area (Å²) in [5.74, 6) is 0. The SMILES string of the molecule is CCC(CO)N1CCN(c2cc(C#N)ccc2C(F)(F)F)CC1. The first kappa shape index (κ1) is 17.6. The molecule has 1 aliphatic heterocycles. The zero-order chi connectivity index (χ0) is 17.0. The highest BCUT2D eigenvalue weighted by atomic mass is 19.4. The first-order valence-electron chi connectivity index (χ1n) is 7.62. The number of halogens is 3. The van der Waals surface area contributed by atoms with Crippen LogP contribution in [0.1, 0.15) is 24.5 Å². The summed E-state index contributed by atoms with van der Waals surface area (Å²) in [6.07, 6.45) is -3.65. The van der Waals surface area contributed by atoms with E-state index in [-0.39, 0.29) is 23.9 Å². The van der Waals surface area contributed by atoms with Crippen LogP contribution in [0, 0.1) is 11.3 Å². The van der Waals surface area contributed by atoms with E-state index in [1.54, 1.807) is 4.90 Å². The van der Waals surface area contributed by atoms with Crippen LogP contribution < -0.4 is 4.90 Å². The zero-order valence-electron chi connectivity index (χ0n) is 13.0. The van der Waals surface area contributed by atoms with Crippen LogP contribution in [0.2, 0.25) is 0 Å². The zero-order valence-corrected chi connectivity index (χ0v) is 13.0. The average molecular weight is 327 g/mol. The summed E-state index contributed by atoms with van der Waals surface area (Å²) in [6.45, 7) is 4.09. The summed E-state index contributed by atoms with van der Waals surface area (Å²) < 4.78 is 39.6. The maximum absolute atomic E-state index is 13.2. The molecule has 0 spiro atoms. The number of hydrogen-bond donors (Lipinski definition) is 1. The van der Waals surface area contributed by atoms with Crippen molar-refractivity contribution in [3.05, 3.63) is 29.3 Å². The number of aliphatic hydroxyl groups is 1. The Kier molecular flexibility index (Phi) is 5.50. The number of nitriles is 1. The highest BCUT2D eigenvalue weighted by Gasteiger charge is 2.36. The smallest absolute Gasteiger partial charge is 0.395 e. The van der Waals surface area contributed by atoms with Gasteiger partial charge in [0.2, 0.25) is 0 Å². The van der Waals surface area contributed by atoms with Crippen LogP contribution in [0.5, 0.6) is 0 Å². The Morgan fingerprint density at radius 2 is 1.91 bits per heavy atom. The summed E-state index contributed by atoms with van der Waals surface area (Å²) in [5, 5.41) is 18.3. The number of piperazine rings is 1. The first-order chi connectivity index (χ1) is 10.9. The summed E-state index contributed by atoms with van der Waals surface area (Å²) >= 11 is 0. The molecule has 0 aromatic heterocycles. The van der Waals surface area contributed by atoms with Crippen molar-refractivity contribution in [2.24, 2.45) is 0 Å². The summed E-state index contributed by atoms with van der Waals surface area (Å²) in [4.78, 5) is 3.77. The van der Waals surface area contributed by atoms with E-state index in [4.69, 9.17) is 5.26 Å². The molecule has 1 unspecified atom stereocenters. The molecule has 0 aliphatic carbocycles. The van der Waals surface area contributed by atoms with E-state index < -0.39 is 11.7 Å². The number of nitrogens with zero attached hydrogens (tertiary/aromatic N) is 3. The Labute approximate surface area is 133 Å². The van der Waals surface area contributed by atoms with Gasteiger partial charge in [-0.3, -0.25) is 4.90 Å². The molecule has 126 valence electrons. The fourth-order valence-electron chi connectivity index (χ4n) is 2.93. The molecule has 1 saturated heterocycles. The summed E-state index contributed by atoms with van der Waals surface area (Å²) in [6, 6.07) is 5.42. The Morgan fingerprint density at radius 1 is 1.26 bits per heavy atom. The van der Waals surface area contributed by atoms with Gasteiger partial charge in [0.1, 0.15) is 0 Å². The molecule has 0 amide bonds. The van der Waals surface area contributed by atoms with Crippen LogP contribution in [-0.2, 0) is 6.18 Å². The molecule has 0 saturated carbocycles. The summed E-state index contributed by atoms with van der Waals surface area (Å²) in [7, 11) is 0. The van der Waals surface area contributed by atoms with Crippen molar-refractivity contribution in [3.8, 4) is 6.07 Å². The van der Waals surface area contributed by atoms with Crippen LogP contribution >= 0.6 is 0 Å². The lowest BCUT2D eigenvalue weighted by atomic mass is 10.1. The lowest BCUT2D eigenvalue weighted by molar-refractivity contribution is -0.137. The van der Waals surface area contributed by atoms with Gasteiger partial charge in [-0.05, 0) is 24.6 Å². The van der Waals surface area contributed by atoms with Crippen LogP contribution in [-0.4, -0.2) is 48.8 Å². The molecule has 7 heteroatoms. The quantitative estimate of drug-likeness (QED) is 0.923. The monoisotopic (exact) mass is 327 g/mol. The molecule has 0 bridgehead atoms.